The van der Waals surface area contributed by atoms with Gasteiger partial charge in [-0.3, -0.25) is 9.88 Å². The van der Waals surface area contributed by atoms with Gasteiger partial charge in [0, 0.05) is 43.5 Å². The molecule has 132 valence electrons. The molecule has 0 unspecified atom stereocenters. The number of rotatable bonds is 8. The molecule has 0 aliphatic heterocycles. The lowest BCUT2D eigenvalue weighted by Gasteiger charge is -2.30. The van der Waals surface area contributed by atoms with E-state index in [0.29, 0.717) is 0 Å². The van der Waals surface area contributed by atoms with Crippen LogP contribution in [0, 0.1) is 0 Å². The molecule has 1 aromatic carbocycles. The van der Waals surface area contributed by atoms with Crippen molar-refractivity contribution in [3.8, 4) is 5.75 Å². The van der Waals surface area contributed by atoms with E-state index >= 15 is 0 Å². The van der Waals surface area contributed by atoms with Crippen molar-refractivity contribution in [2.45, 2.75) is 32.4 Å². The summed E-state index contributed by atoms with van der Waals surface area (Å²) in [6.45, 7) is 6.77. The third-order valence-electron chi connectivity index (χ3n) is 3.61. The number of ether oxygens (including phenoxy) is 1. The first-order chi connectivity index (χ1) is 11.0. The summed E-state index contributed by atoms with van der Waals surface area (Å²) in [7, 11) is 1.69. The fourth-order valence-corrected chi connectivity index (χ4v) is 2.60. The van der Waals surface area contributed by atoms with Crippen molar-refractivity contribution >= 4 is 12.4 Å². The minimum absolute atomic E-state index is 0. The van der Waals surface area contributed by atoms with Gasteiger partial charge in [-0.25, -0.2) is 0 Å². The van der Waals surface area contributed by atoms with E-state index in [9.17, 15) is 0 Å². The summed E-state index contributed by atoms with van der Waals surface area (Å²) >= 11 is 0. The number of aromatic nitrogens is 1. The van der Waals surface area contributed by atoms with Gasteiger partial charge >= 0.3 is 0 Å². The van der Waals surface area contributed by atoms with E-state index in [0.717, 1.165) is 37.5 Å². The Balaban J connectivity index is 0.00000288. The van der Waals surface area contributed by atoms with Crippen molar-refractivity contribution in [2.75, 3.05) is 20.2 Å². The Bertz CT molecular complexity index is 582. The molecule has 0 saturated heterocycles. The minimum Gasteiger partial charge on any atom is -0.497 e. The normalized spacial score (nSPS) is 11.2. The molecule has 0 bridgehead atoms. The van der Waals surface area contributed by atoms with E-state index < -0.39 is 0 Å². The topological polar surface area (TPSA) is 51.4 Å². The molecular weight excluding hydrogens is 322 g/mol. The number of nitrogens with two attached hydrogens (primary N) is 1. The molecule has 0 aliphatic rings. The Morgan fingerprint density at radius 1 is 1.12 bits per heavy atom. The number of hydrogen-bond donors (Lipinski definition) is 1. The molecule has 0 spiro atoms. The third kappa shape index (κ3) is 7.30. The second-order valence-corrected chi connectivity index (χ2v) is 6.62. The summed E-state index contributed by atoms with van der Waals surface area (Å²) in [5.74, 6) is 0.882. The molecule has 5 heteroatoms. The van der Waals surface area contributed by atoms with Gasteiger partial charge < -0.3 is 10.5 Å². The third-order valence-corrected chi connectivity index (χ3v) is 3.61. The summed E-state index contributed by atoms with van der Waals surface area (Å²) in [4.78, 5) is 6.79. The predicted molar refractivity (Wildman–Crippen MR) is 102 cm³/mol. The van der Waals surface area contributed by atoms with Gasteiger partial charge in [0.15, 0.2) is 0 Å². The van der Waals surface area contributed by atoms with Crippen molar-refractivity contribution in [1.29, 1.82) is 0 Å². The van der Waals surface area contributed by atoms with Crippen molar-refractivity contribution in [3.05, 3.63) is 59.9 Å². The largest absolute Gasteiger partial charge is 0.497 e. The summed E-state index contributed by atoms with van der Waals surface area (Å²) in [5.41, 5.74) is 8.37. The summed E-state index contributed by atoms with van der Waals surface area (Å²) in [6, 6.07) is 14.3. The monoisotopic (exact) mass is 349 g/mol. The zero-order valence-electron chi connectivity index (χ0n) is 14.7. The van der Waals surface area contributed by atoms with E-state index in [-0.39, 0.29) is 17.9 Å². The first kappa shape index (κ1) is 20.4. The molecule has 0 aliphatic carbocycles. The highest BCUT2D eigenvalue weighted by Gasteiger charge is 2.17. The number of halogens is 1. The van der Waals surface area contributed by atoms with E-state index in [2.05, 4.69) is 41.9 Å². The number of methoxy groups -OCH3 is 1. The molecule has 0 saturated carbocycles. The van der Waals surface area contributed by atoms with Crippen molar-refractivity contribution in [1.82, 2.24) is 9.88 Å². The van der Waals surface area contributed by atoms with Crippen LogP contribution in [-0.2, 0) is 13.0 Å². The van der Waals surface area contributed by atoms with Gasteiger partial charge in [-0.15, -0.1) is 12.4 Å². The number of benzene rings is 1. The summed E-state index contributed by atoms with van der Waals surface area (Å²) in [5, 5.41) is 0. The molecule has 4 nitrogen and oxygen atoms in total. The van der Waals surface area contributed by atoms with E-state index in [4.69, 9.17) is 10.5 Å². The van der Waals surface area contributed by atoms with Crippen LogP contribution >= 0.6 is 12.4 Å². The maximum atomic E-state index is 6.23. The van der Waals surface area contributed by atoms with Crippen molar-refractivity contribution < 1.29 is 4.74 Å². The molecular formula is C19H28ClN3O. The van der Waals surface area contributed by atoms with Crippen LogP contribution in [0.1, 0.15) is 25.1 Å². The lowest BCUT2D eigenvalue weighted by Crippen LogP contribution is -2.45. The van der Waals surface area contributed by atoms with Crippen LogP contribution < -0.4 is 10.5 Å². The molecule has 0 radical (unpaired) electrons. The fourth-order valence-electron chi connectivity index (χ4n) is 2.60. The van der Waals surface area contributed by atoms with Gasteiger partial charge in [-0.1, -0.05) is 18.2 Å². The van der Waals surface area contributed by atoms with Gasteiger partial charge in [0.1, 0.15) is 5.75 Å². The zero-order valence-corrected chi connectivity index (χ0v) is 15.6. The SMILES string of the molecule is COc1ccc(CN(CCc2ccccn2)CC(C)(C)N)cc1.Cl. The van der Waals surface area contributed by atoms with Crippen LogP contribution in [0.25, 0.3) is 0 Å². The Morgan fingerprint density at radius 2 is 1.83 bits per heavy atom. The van der Waals surface area contributed by atoms with Gasteiger partial charge in [0.2, 0.25) is 0 Å². The first-order valence-electron chi connectivity index (χ1n) is 8.00. The lowest BCUT2D eigenvalue weighted by atomic mass is 10.1. The fraction of sp³-hybridized carbons (Fsp3) is 0.421. The van der Waals surface area contributed by atoms with Crippen molar-refractivity contribution in [3.63, 3.8) is 0 Å². The maximum absolute atomic E-state index is 6.23. The number of hydrogen-bond acceptors (Lipinski definition) is 4. The predicted octanol–water partition coefficient (Wildman–Crippen LogP) is 3.29. The Labute approximate surface area is 151 Å². The lowest BCUT2D eigenvalue weighted by molar-refractivity contribution is 0.219. The summed E-state index contributed by atoms with van der Waals surface area (Å²) in [6.07, 6.45) is 2.77. The molecule has 0 amide bonds. The molecule has 2 aromatic rings. The standard InChI is InChI=1S/C19H27N3O.ClH/c1-19(2,20)15-22(13-11-17-6-4-5-12-21-17)14-16-7-9-18(23-3)10-8-16;/h4-10,12H,11,13-15,20H2,1-3H3;1H. The molecule has 1 heterocycles. The van der Waals surface area contributed by atoms with Crippen LogP contribution in [0.2, 0.25) is 0 Å². The van der Waals surface area contributed by atoms with Crippen LogP contribution in [0.5, 0.6) is 5.75 Å². The first-order valence-corrected chi connectivity index (χ1v) is 8.00. The second kappa shape index (κ2) is 9.62. The van der Waals surface area contributed by atoms with Crippen LogP contribution in [0.4, 0.5) is 0 Å². The van der Waals surface area contributed by atoms with E-state index in [1.165, 1.54) is 5.56 Å². The van der Waals surface area contributed by atoms with Gasteiger partial charge in [-0.05, 0) is 43.7 Å². The molecule has 0 atom stereocenters. The second-order valence-electron chi connectivity index (χ2n) is 6.62. The zero-order chi connectivity index (χ0) is 16.7. The quantitative estimate of drug-likeness (QED) is 0.794. The minimum atomic E-state index is -0.226. The highest BCUT2D eigenvalue weighted by atomic mass is 35.5. The molecule has 2 rings (SSSR count). The highest BCUT2D eigenvalue weighted by molar-refractivity contribution is 5.85. The smallest absolute Gasteiger partial charge is 0.118 e. The van der Waals surface area contributed by atoms with Crippen LogP contribution in [0.15, 0.2) is 48.7 Å². The van der Waals surface area contributed by atoms with Crippen LogP contribution in [-0.4, -0.2) is 35.6 Å². The number of pyridine rings is 1. The Hall–Kier alpha value is -1.62. The van der Waals surface area contributed by atoms with E-state index in [1.54, 1.807) is 7.11 Å². The molecule has 0 fully saturated rings. The molecule has 2 N–H and O–H groups in total. The van der Waals surface area contributed by atoms with Gasteiger partial charge in [0.25, 0.3) is 0 Å². The van der Waals surface area contributed by atoms with Crippen molar-refractivity contribution in [2.24, 2.45) is 5.73 Å². The average molecular weight is 350 g/mol. The summed E-state index contributed by atoms with van der Waals surface area (Å²) < 4.78 is 5.22. The Morgan fingerprint density at radius 3 is 2.38 bits per heavy atom. The van der Waals surface area contributed by atoms with Gasteiger partial charge in [-0.2, -0.15) is 0 Å². The van der Waals surface area contributed by atoms with E-state index in [1.807, 2.05) is 30.5 Å². The number of nitrogens with zero attached hydrogens (tertiary/aromatic N) is 2. The maximum Gasteiger partial charge on any atom is 0.118 e. The average Bonchev–Trinajstić information content (AvgIpc) is 2.53. The Kier molecular flexibility index (Phi) is 8.19. The highest BCUT2D eigenvalue weighted by Crippen LogP contribution is 2.14. The van der Waals surface area contributed by atoms with Gasteiger partial charge in [0.05, 0.1) is 7.11 Å². The van der Waals surface area contributed by atoms with Crippen LogP contribution in [0.3, 0.4) is 0 Å². The molecule has 24 heavy (non-hydrogen) atoms. The molecule has 1 aromatic heterocycles.